The van der Waals surface area contributed by atoms with E-state index in [1.807, 2.05) is 60.7 Å². The number of benzene rings is 3. The van der Waals surface area contributed by atoms with Crippen molar-refractivity contribution in [2.24, 2.45) is 0 Å². The second-order valence-electron chi connectivity index (χ2n) is 10.3. The van der Waals surface area contributed by atoms with Gasteiger partial charge in [-0.25, -0.2) is 0 Å². The Balaban J connectivity index is 1.55. The van der Waals surface area contributed by atoms with Crippen LogP contribution in [0.15, 0.2) is 78.9 Å². The largest absolute Gasteiger partial charge is 0.416 e. The predicted octanol–water partition coefficient (Wildman–Crippen LogP) is 7.50. The maximum Gasteiger partial charge on any atom is 0.416 e. The molecule has 5 rings (SSSR count). The van der Waals surface area contributed by atoms with Crippen molar-refractivity contribution in [1.82, 2.24) is 4.90 Å². The molecule has 2 saturated heterocycles. The topological polar surface area (TPSA) is 32.7 Å². The number of rotatable bonds is 7. The van der Waals surface area contributed by atoms with Gasteiger partial charge in [0.2, 0.25) is 0 Å². The Labute approximate surface area is 223 Å². The van der Waals surface area contributed by atoms with Crippen LogP contribution in [0.2, 0.25) is 0 Å². The average Bonchev–Trinajstić information content (AvgIpc) is 3.15. The van der Waals surface area contributed by atoms with E-state index in [9.17, 15) is 31.4 Å². The first-order chi connectivity index (χ1) is 18.5. The third-order valence-electron chi connectivity index (χ3n) is 8.05. The summed E-state index contributed by atoms with van der Waals surface area (Å²) in [6.07, 6.45) is -8.99. The lowest BCUT2D eigenvalue weighted by molar-refractivity contribution is -0.146. The van der Waals surface area contributed by atoms with Crippen LogP contribution in [-0.4, -0.2) is 28.8 Å². The summed E-state index contributed by atoms with van der Waals surface area (Å²) in [6.45, 7) is -0.145. The number of alkyl halides is 6. The number of hydrogen-bond acceptors (Lipinski definition) is 3. The number of aliphatic hydroxyl groups excluding tert-OH is 1. The van der Waals surface area contributed by atoms with Crippen molar-refractivity contribution >= 4 is 0 Å². The lowest BCUT2D eigenvalue weighted by Crippen LogP contribution is -2.56. The molecule has 1 N–H and O–H groups in total. The van der Waals surface area contributed by atoms with Gasteiger partial charge < -0.3 is 9.84 Å². The van der Waals surface area contributed by atoms with E-state index >= 15 is 0 Å². The molecule has 0 radical (unpaired) electrons. The molecule has 2 aliphatic rings. The zero-order valence-electron chi connectivity index (χ0n) is 21.1. The van der Waals surface area contributed by atoms with Crippen LogP contribution in [-0.2, 0) is 29.2 Å². The van der Waals surface area contributed by atoms with Crippen LogP contribution in [0.25, 0.3) is 0 Å². The number of fused-ring (bicyclic) bond motifs is 2. The third kappa shape index (κ3) is 5.44. The van der Waals surface area contributed by atoms with Crippen molar-refractivity contribution < 1.29 is 36.2 Å². The molecule has 39 heavy (non-hydrogen) atoms. The van der Waals surface area contributed by atoms with Crippen molar-refractivity contribution in [2.45, 2.75) is 68.4 Å². The Morgan fingerprint density at radius 3 is 1.97 bits per heavy atom. The minimum absolute atomic E-state index is 0.0904. The fraction of sp³-hybridized carbons (Fsp3) is 0.400. The molecule has 0 unspecified atom stereocenters. The number of ether oxygens (including phenoxy) is 1. The Morgan fingerprint density at radius 1 is 0.821 bits per heavy atom. The summed E-state index contributed by atoms with van der Waals surface area (Å²) in [4.78, 5) is 2.37. The molecule has 0 saturated carbocycles. The second-order valence-corrected chi connectivity index (χ2v) is 10.3. The molecule has 0 amide bonds. The SMILES string of the molecule is OC[C@@H](O[C@@H]1CC[C@H]2CC[C@]1(c1ccccc1)N2Cc1ccccc1)c1cc(C(F)(F)F)cc(C(F)(F)F)c1. The smallest absolute Gasteiger partial charge is 0.393 e. The van der Waals surface area contributed by atoms with Crippen LogP contribution in [0, 0.1) is 0 Å². The zero-order valence-corrected chi connectivity index (χ0v) is 21.1. The van der Waals surface area contributed by atoms with Gasteiger partial charge in [-0.05, 0) is 60.6 Å². The number of aliphatic hydroxyl groups is 1. The molecule has 2 bridgehead atoms. The van der Waals surface area contributed by atoms with Crippen LogP contribution in [0.4, 0.5) is 26.3 Å². The van der Waals surface area contributed by atoms with Gasteiger partial charge in [-0.3, -0.25) is 4.90 Å². The summed E-state index contributed by atoms with van der Waals surface area (Å²) < 4.78 is 87.7. The Bertz CT molecular complexity index is 1230. The quantitative estimate of drug-likeness (QED) is 0.310. The van der Waals surface area contributed by atoms with Gasteiger partial charge in [0, 0.05) is 12.6 Å². The van der Waals surface area contributed by atoms with E-state index in [2.05, 4.69) is 4.90 Å². The highest BCUT2D eigenvalue weighted by molar-refractivity contribution is 5.36. The molecule has 0 spiro atoms. The first-order valence-electron chi connectivity index (χ1n) is 12.9. The predicted molar refractivity (Wildman–Crippen MR) is 134 cm³/mol. The summed E-state index contributed by atoms with van der Waals surface area (Å²) >= 11 is 0. The highest BCUT2D eigenvalue weighted by atomic mass is 19.4. The maximum atomic E-state index is 13.5. The second kappa shape index (κ2) is 10.6. The molecule has 2 fully saturated rings. The van der Waals surface area contributed by atoms with E-state index in [0.29, 0.717) is 31.5 Å². The van der Waals surface area contributed by atoms with E-state index in [1.165, 1.54) is 0 Å². The molecule has 2 heterocycles. The Kier molecular flexibility index (Phi) is 7.52. The van der Waals surface area contributed by atoms with Gasteiger partial charge in [-0.1, -0.05) is 60.7 Å². The Morgan fingerprint density at radius 2 is 1.41 bits per heavy atom. The van der Waals surface area contributed by atoms with Gasteiger partial charge in [0.25, 0.3) is 0 Å². The number of nitrogens with zero attached hydrogens (tertiary/aromatic N) is 1. The first-order valence-corrected chi connectivity index (χ1v) is 12.9. The van der Waals surface area contributed by atoms with Gasteiger partial charge >= 0.3 is 12.4 Å². The van der Waals surface area contributed by atoms with Crippen molar-refractivity contribution in [2.75, 3.05) is 6.61 Å². The summed E-state index contributed by atoms with van der Waals surface area (Å²) in [7, 11) is 0. The van der Waals surface area contributed by atoms with E-state index < -0.39 is 47.8 Å². The van der Waals surface area contributed by atoms with E-state index in [-0.39, 0.29) is 17.7 Å². The van der Waals surface area contributed by atoms with Gasteiger partial charge in [0.05, 0.1) is 29.4 Å². The monoisotopic (exact) mass is 549 g/mol. The fourth-order valence-corrected chi connectivity index (χ4v) is 6.28. The molecule has 3 aromatic carbocycles. The van der Waals surface area contributed by atoms with Gasteiger partial charge in [-0.15, -0.1) is 0 Å². The average molecular weight is 550 g/mol. The lowest BCUT2D eigenvalue weighted by atomic mass is 9.78. The molecule has 0 aromatic heterocycles. The highest BCUT2D eigenvalue weighted by Gasteiger charge is 2.56. The summed E-state index contributed by atoms with van der Waals surface area (Å²) in [5.74, 6) is 0. The van der Waals surface area contributed by atoms with E-state index in [1.54, 1.807) is 0 Å². The van der Waals surface area contributed by atoms with Crippen molar-refractivity contribution in [3.05, 3.63) is 107 Å². The molecule has 208 valence electrons. The minimum Gasteiger partial charge on any atom is -0.393 e. The normalized spacial score (nSPS) is 24.6. The summed E-state index contributed by atoms with van der Waals surface area (Å²) in [5, 5.41) is 10.2. The maximum absolute atomic E-state index is 13.5. The Hall–Kier alpha value is -2.88. The zero-order chi connectivity index (χ0) is 27.8. The molecule has 9 heteroatoms. The molecular formula is C30H29F6NO2. The standard InChI is InChI=1S/C30H29F6NO2/c31-29(32,33)23-15-21(16-24(17-23)30(34,35)36)26(19-38)39-27-12-11-25-13-14-28(27,22-9-5-2-6-10-22)37(25)18-20-7-3-1-4-8-20/h1-10,15-17,25-27,38H,11-14,18-19H2/t25-,26+,27+,28+/m0/s1. The van der Waals surface area contributed by atoms with Crippen molar-refractivity contribution in [3.63, 3.8) is 0 Å². The molecular weight excluding hydrogens is 520 g/mol. The van der Waals surface area contributed by atoms with Crippen LogP contribution >= 0.6 is 0 Å². The molecule has 2 aliphatic heterocycles. The van der Waals surface area contributed by atoms with Crippen molar-refractivity contribution in [1.29, 1.82) is 0 Å². The summed E-state index contributed by atoms with van der Waals surface area (Å²) in [6, 6.07) is 21.2. The van der Waals surface area contributed by atoms with Gasteiger partial charge in [0.1, 0.15) is 6.10 Å². The molecule has 0 aliphatic carbocycles. The van der Waals surface area contributed by atoms with Crippen LogP contribution in [0.1, 0.15) is 59.6 Å². The van der Waals surface area contributed by atoms with Crippen LogP contribution in [0.3, 0.4) is 0 Å². The summed E-state index contributed by atoms with van der Waals surface area (Å²) in [5.41, 5.74) is -1.79. The fourth-order valence-electron chi connectivity index (χ4n) is 6.28. The lowest BCUT2D eigenvalue weighted by Gasteiger charge is -2.51. The van der Waals surface area contributed by atoms with Crippen LogP contribution < -0.4 is 0 Å². The number of hydrogen-bond donors (Lipinski definition) is 1. The number of halogens is 6. The first kappa shape index (κ1) is 27.7. The molecule has 3 aromatic rings. The minimum atomic E-state index is -4.99. The number of piperidine rings is 1. The van der Waals surface area contributed by atoms with Crippen LogP contribution in [0.5, 0.6) is 0 Å². The van der Waals surface area contributed by atoms with Crippen molar-refractivity contribution in [3.8, 4) is 0 Å². The van der Waals surface area contributed by atoms with Gasteiger partial charge in [0.15, 0.2) is 0 Å². The van der Waals surface area contributed by atoms with Gasteiger partial charge in [-0.2, -0.15) is 26.3 Å². The molecule has 4 atom stereocenters. The highest BCUT2D eigenvalue weighted by Crippen LogP contribution is 2.53. The van der Waals surface area contributed by atoms with E-state index in [4.69, 9.17) is 4.74 Å². The van der Waals surface area contributed by atoms with E-state index in [0.717, 1.165) is 24.0 Å². The molecule has 3 nitrogen and oxygen atoms in total. The third-order valence-corrected chi connectivity index (χ3v) is 8.05.